The van der Waals surface area contributed by atoms with E-state index in [9.17, 15) is 4.79 Å². The molecule has 144 valence electrons. The molecule has 6 heteroatoms. The number of nitrogens with zero attached hydrogens (tertiary/aromatic N) is 2. The molecule has 1 atom stereocenters. The molecule has 1 aromatic carbocycles. The van der Waals surface area contributed by atoms with Gasteiger partial charge in [-0.3, -0.25) is 9.79 Å². The quantitative estimate of drug-likeness (QED) is 0.590. The highest BCUT2D eigenvalue weighted by molar-refractivity contribution is 6.30. The van der Waals surface area contributed by atoms with E-state index in [-0.39, 0.29) is 17.4 Å². The van der Waals surface area contributed by atoms with Crippen LogP contribution in [0, 0.1) is 0 Å². The van der Waals surface area contributed by atoms with Crippen molar-refractivity contribution < 1.29 is 4.79 Å². The summed E-state index contributed by atoms with van der Waals surface area (Å²) < 4.78 is 0. The number of aliphatic imine (C=N–C) groups is 1. The molecule has 1 heterocycles. The standard InChI is InChI=1S/C20H31ClN4O/c1-5-18(26)25-12-11-17(13-25)24-19(22-6-2)23-14-20(3,4)15-7-9-16(21)10-8-15/h7-10,17H,5-6,11-14H2,1-4H3,(H2,22,23,24). The van der Waals surface area contributed by atoms with Gasteiger partial charge in [-0.25, -0.2) is 0 Å². The van der Waals surface area contributed by atoms with Gasteiger partial charge >= 0.3 is 0 Å². The Balaban J connectivity index is 2.00. The lowest BCUT2D eigenvalue weighted by Gasteiger charge is -2.25. The van der Waals surface area contributed by atoms with Gasteiger partial charge < -0.3 is 15.5 Å². The predicted molar refractivity (Wildman–Crippen MR) is 109 cm³/mol. The Hall–Kier alpha value is -1.75. The zero-order chi connectivity index (χ0) is 19.2. The maximum Gasteiger partial charge on any atom is 0.222 e. The highest BCUT2D eigenvalue weighted by atomic mass is 35.5. The second-order valence-electron chi connectivity index (χ2n) is 7.41. The smallest absolute Gasteiger partial charge is 0.222 e. The maximum absolute atomic E-state index is 11.9. The van der Waals surface area contributed by atoms with Gasteiger partial charge in [-0.15, -0.1) is 0 Å². The molecular formula is C20H31ClN4O. The largest absolute Gasteiger partial charge is 0.357 e. The molecule has 1 unspecified atom stereocenters. The lowest BCUT2D eigenvalue weighted by Crippen LogP contribution is -2.45. The molecule has 1 aromatic rings. The van der Waals surface area contributed by atoms with Gasteiger partial charge in [0.15, 0.2) is 5.96 Å². The van der Waals surface area contributed by atoms with Crippen LogP contribution in [-0.4, -0.2) is 49.0 Å². The van der Waals surface area contributed by atoms with E-state index in [4.69, 9.17) is 16.6 Å². The van der Waals surface area contributed by atoms with Gasteiger partial charge in [-0.2, -0.15) is 0 Å². The number of nitrogens with one attached hydrogen (secondary N) is 2. The fourth-order valence-electron chi connectivity index (χ4n) is 3.11. The van der Waals surface area contributed by atoms with E-state index in [0.29, 0.717) is 13.0 Å². The van der Waals surface area contributed by atoms with Crippen LogP contribution in [0.3, 0.4) is 0 Å². The molecule has 0 spiro atoms. The summed E-state index contributed by atoms with van der Waals surface area (Å²) in [5.41, 5.74) is 1.12. The Labute approximate surface area is 162 Å². The molecule has 1 fully saturated rings. The third kappa shape index (κ3) is 5.63. The van der Waals surface area contributed by atoms with Crippen LogP contribution in [0.1, 0.15) is 46.1 Å². The van der Waals surface area contributed by atoms with Crippen molar-refractivity contribution in [2.45, 2.75) is 52.0 Å². The van der Waals surface area contributed by atoms with Crippen molar-refractivity contribution in [3.8, 4) is 0 Å². The number of benzene rings is 1. The molecule has 0 radical (unpaired) electrons. The minimum atomic E-state index is -0.0904. The van der Waals surface area contributed by atoms with Crippen molar-refractivity contribution in [2.75, 3.05) is 26.2 Å². The van der Waals surface area contributed by atoms with Gasteiger partial charge in [0.1, 0.15) is 0 Å². The van der Waals surface area contributed by atoms with E-state index >= 15 is 0 Å². The van der Waals surface area contributed by atoms with Crippen molar-refractivity contribution in [1.29, 1.82) is 0 Å². The topological polar surface area (TPSA) is 56.7 Å². The van der Waals surface area contributed by atoms with E-state index in [1.54, 1.807) is 0 Å². The second kappa shape index (κ2) is 9.26. The van der Waals surface area contributed by atoms with Gasteiger partial charge in [0, 0.05) is 42.5 Å². The van der Waals surface area contributed by atoms with E-state index in [0.717, 1.165) is 37.0 Å². The van der Waals surface area contributed by atoms with Crippen LogP contribution < -0.4 is 10.6 Å². The number of carbonyl (C=O) groups excluding carboxylic acids is 1. The summed E-state index contributed by atoms with van der Waals surface area (Å²) in [6.07, 6.45) is 1.52. The molecular weight excluding hydrogens is 348 g/mol. The van der Waals surface area contributed by atoms with Crippen LogP contribution in [0.5, 0.6) is 0 Å². The minimum absolute atomic E-state index is 0.0904. The molecule has 26 heavy (non-hydrogen) atoms. The van der Waals surface area contributed by atoms with Crippen molar-refractivity contribution in [3.63, 3.8) is 0 Å². The Morgan fingerprint density at radius 2 is 2.00 bits per heavy atom. The number of halogens is 1. The third-order valence-electron chi connectivity index (χ3n) is 4.79. The molecule has 0 bridgehead atoms. The maximum atomic E-state index is 11.9. The highest BCUT2D eigenvalue weighted by Crippen LogP contribution is 2.25. The van der Waals surface area contributed by atoms with E-state index < -0.39 is 0 Å². The van der Waals surface area contributed by atoms with Crippen molar-refractivity contribution >= 4 is 23.5 Å². The number of guanidine groups is 1. The number of amides is 1. The van der Waals surface area contributed by atoms with Crippen LogP contribution in [0.2, 0.25) is 5.02 Å². The number of carbonyl (C=O) groups is 1. The number of hydrogen-bond donors (Lipinski definition) is 2. The van der Waals surface area contributed by atoms with Crippen LogP contribution in [-0.2, 0) is 10.2 Å². The predicted octanol–water partition coefficient (Wildman–Crippen LogP) is 3.18. The molecule has 2 N–H and O–H groups in total. The summed E-state index contributed by atoms with van der Waals surface area (Å²) in [6, 6.07) is 8.21. The Morgan fingerprint density at radius 1 is 1.31 bits per heavy atom. The molecule has 2 rings (SSSR count). The average Bonchev–Trinajstić information content (AvgIpc) is 3.08. The molecule has 1 aliphatic rings. The summed E-state index contributed by atoms with van der Waals surface area (Å²) in [5, 5.41) is 7.54. The van der Waals surface area contributed by atoms with Gasteiger partial charge in [0.2, 0.25) is 5.91 Å². The van der Waals surface area contributed by atoms with E-state index in [1.165, 1.54) is 5.56 Å². The first-order valence-electron chi connectivity index (χ1n) is 9.44. The monoisotopic (exact) mass is 378 g/mol. The first-order valence-corrected chi connectivity index (χ1v) is 9.82. The van der Waals surface area contributed by atoms with Crippen LogP contribution in [0.15, 0.2) is 29.3 Å². The number of rotatable bonds is 6. The Morgan fingerprint density at radius 3 is 2.62 bits per heavy atom. The van der Waals surface area contributed by atoms with Crippen LogP contribution in [0.4, 0.5) is 0 Å². The summed E-state index contributed by atoms with van der Waals surface area (Å²) in [5.74, 6) is 1.03. The SMILES string of the molecule is CCNC(=NCC(C)(C)c1ccc(Cl)cc1)NC1CCN(C(=O)CC)C1. The summed E-state index contributed by atoms with van der Waals surface area (Å²) in [7, 11) is 0. The second-order valence-corrected chi connectivity index (χ2v) is 7.85. The first-order chi connectivity index (χ1) is 12.4. The van der Waals surface area contributed by atoms with Crippen LogP contribution >= 0.6 is 11.6 Å². The fourth-order valence-corrected chi connectivity index (χ4v) is 3.24. The summed E-state index contributed by atoms with van der Waals surface area (Å²) in [6.45, 7) is 11.4. The van der Waals surface area contributed by atoms with Gasteiger partial charge in [0.05, 0.1) is 6.54 Å². The van der Waals surface area contributed by atoms with E-state index in [2.05, 4.69) is 43.5 Å². The zero-order valence-electron chi connectivity index (χ0n) is 16.3. The first kappa shape index (κ1) is 20.6. The highest BCUT2D eigenvalue weighted by Gasteiger charge is 2.26. The normalized spacial score (nSPS) is 18.1. The van der Waals surface area contributed by atoms with Crippen LogP contribution in [0.25, 0.3) is 0 Å². The van der Waals surface area contributed by atoms with Gasteiger partial charge in [-0.1, -0.05) is 44.5 Å². The molecule has 0 aromatic heterocycles. The molecule has 1 amide bonds. The van der Waals surface area contributed by atoms with Crippen molar-refractivity contribution in [1.82, 2.24) is 15.5 Å². The zero-order valence-corrected chi connectivity index (χ0v) is 17.1. The van der Waals surface area contributed by atoms with E-state index in [1.807, 2.05) is 24.0 Å². The summed E-state index contributed by atoms with van der Waals surface area (Å²) in [4.78, 5) is 18.6. The molecule has 5 nitrogen and oxygen atoms in total. The molecule has 0 saturated carbocycles. The third-order valence-corrected chi connectivity index (χ3v) is 5.04. The molecule has 1 aliphatic heterocycles. The minimum Gasteiger partial charge on any atom is -0.357 e. The lowest BCUT2D eigenvalue weighted by molar-refractivity contribution is -0.129. The number of hydrogen-bond acceptors (Lipinski definition) is 2. The summed E-state index contributed by atoms with van der Waals surface area (Å²) >= 11 is 5.99. The number of likely N-dealkylation sites (tertiary alicyclic amines) is 1. The lowest BCUT2D eigenvalue weighted by atomic mass is 9.85. The van der Waals surface area contributed by atoms with Gasteiger partial charge in [0.25, 0.3) is 0 Å². The van der Waals surface area contributed by atoms with Crippen molar-refractivity contribution in [3.05, 3.63) is 34.9 Å². The van der Waals surface area contributed by atoms with Gasteiger partial charge in [-0.05, 0) is 31.0 Å². The fraction of sp³-hybridized carbons (Fsp3) is 0.600. The van der Waals surface area contributed by atoms with Crippen molar-refractivity contribution in [2.24, 2.45) is 4.99 Å². The Kier molecular flexibility index (Phi) is 7.33. The average molecular weight is 379 g/mol. The molecule has 0 aliphatic carbocycles. The molecule has 1 saturated heterocycles. The Bertz CT molecular complexity index is 627.